The van der Waals surface area contributed by atoms with Crippen molar-refractivity contribution < 1.29 is 5.11 Å². The molecule has 0 saturated carbocycles. The van der Waals surface area contributed by atoms with Gasteiger partial charge in [0.15, 0.2) is 0 Å². The summed E-state index contributed by atoms with van der Waals surface area (Å²) < 4.78 is 0. The molecule has 3 nitrogen and oxygen atoms in total. The highest BCUT2D eigenvalue weighted by Gasteiger charge is 2.47. The SMILES string of the molecule is OC1CC2(c3cncc(Cl)c3)CCCC1N2. The summed E-state index contributed by atoms with van der Waals surface area (Å²) in [6.45, 7) is 0. The zero-order valence-corrected chi connectivity index (χ0v) is 9.74. The highest BCUT2D eigenvalue weighted by Crippen LogP contribution is 2.43. The summed E-state index contributed by atoms with van der Waals surface area (Å²) in [5.74, 6) is 0. The lowest BCUT2D eigenvalue weighted by molar-refractivity contribution is 0.156. The van der Waals surface area contributed by atoms with Crippen LogP contribution in [0.1, 0.15) is 31.2 Å². The molecule has 4 heteroatoms. The van der Waals surface area contributed by atoms with Gasteiger partial charge in [-0.25, -0.2) is 0 Å². The van der Waals surface area contributed by atoms with E-state index < -0.39 is 0 Å². The van der Waals surface area contributed by atoms with Crippen LogP contribution in [-0.4, -0.2) is 22.2 Å². The number of aliphatic hydroxyl groups is 1. The second kappa shape index (κ2) is 3.69. The predicted molar refractivity (Wildman–Crippen MR) is 62.3 cm³/mol. The Kier molecular flexibility index (Phi) is 2.42. The maximum Gasteiger partial charge on any atom is 0.0714 e. The summed E-state index contributed by atoms with van der Waals surface area (Å²) in [5.41, 5.74) is 1.02. The zero-order chi connectivity index (χ0) is 11.2. The Balaban J connectivity index is 1.99. The molecule has 2 bridgehead atoms. The van der Waals surface area contributed by atoms with E-state index in [-0.39, 0.29) is 17.7 Å². The van der Waals surface area contributed by atoms with Crippen LogP contribution in [0.15, 0.2) is 18.5 Å². The first-order valence-electron chi connectivity index (χ1n) is 5.76. The fourth-order valence-electron chi connectivity index (χ4n) is 3.09. The monoisotopic (exact) mass is 238 g/mol. The number of piperidine rings is 1. The number of hydrogen-bond donors (Lipinski definition) is 2. The number of fused-ring (bicyclic) bond motifs is 2. The Morgan fingerprint density at radius 1 is 1.50 bits per heavy atom. The summed E-state index contributed by atoms with van der Waals surface area (Å²) in [5, 5.41) is 14.2. The quantitative estimate of drug-likeness (QED) is 0.785. The van der Waals surface area contributed by atoms with Crippen molar-refractivity contribution in [2.75, 3.05) is 0 Å². The molecule has 86 valence electrons. The van der Waals surface area contributed by atoms with Gasteiger partial charge in [-0.05, 0) is 37.3 Å². The van der Waals surface area contributed by atoms with Gasteiger partial charge in [0.1, 0.15) is 0 Å². The van der Waals surface area contributed by atoms with E-state index in [9.17, 15) is 5.11 Å². The number of rotatable bonds is 1. The molecule has 16 heavy (non-hydrogen) atoms. The minimum atomic E-state index is -0.235. The minimum Gasteiger partial charge on any atom is -0.391 e. The van der Waals surface area contributed by atoms with Crippen LogP contribution in [0.2, 0.25) is 5.02 Å². The topological polar surface area (TPSA) is 45.2 Å². The van der Waals surface area contributed by atoms with Crippen LogP contribution in [0.5, 0.6) is 0 Å². The van der Waals surface area contributed by atoms with Crippen molar-refractivity contribution in [3.8, 4) is 0 Å². The summed E-state index contributed by atoms with van der Waals surface area (Å²) in [7, 11) is 0. The Morgan fingerprint density at radius 2 is 2.38 bits per heavy atom. The lowest BCUT2D eigenvalue weighted by Gasteiger charge is -2.34. The maximum absolute atomic E-state index is 9.98. The van der Waals surface area contributed by atoms with Crippen LogP contribution in [0, 0.1) is 0 Å². The molecule has 0 aliphatic carbocycles. The molecule has 0 aromatic carbocycles. The average molecular weight is 239 g/mol. The molecule has 0 amide bonds. The molecule has 2 aliphatic rings. The molecule has 1 aromatic rings. The predicted octanol–water partition coefficient (Wildman–Crippen LogP) is 1.84. The maximum atomic E-state index is 9.98. The Hall–Kier alpha value is -0.640. The molecule has 0 spiro atoms. The third kappa shape index (κ3) is 1.54. The average Bonchev–Trinajstić information content (AvgIpc) is 2.51. The standard InChI is InChI=1S/C12H15ClN2O/c13-9-4-8(6-14-7-9)12-3-1-2-10(15-12)11(16)5-12/h4,6-7,10-11,15-16H,1-3,5H2. The van der Waals surface area contributed by atoms with E-state index in [2.05, 4.69) is 10.3 Å². The van der Waals surface area contributed by atoms with Gasteiger partial charge in [-0.3, -0.25) is 4.98 Å². The highest BCUT2D eigenvalue weighted by atomic mass is 35.5. The Labute approximate surface area is 99.8 Å². The molecule has 2 saturated heterocycles. The van der Waals surface area contributed by atoms with Crippen LogP contribution >= 0.6 is 11.6 Å². The van der Waals surface area contributed by atoms with Crippen molar-refractivity contribution >= 4 is 11.6 Å². The van der Waals surface area contributed by atoms with Crippen LogP contribution < -0.4 is 5.32 Å². The third-order valence-electron chi connectivity index (χ3n) is 3.86. The number of nitrogens with zero attached hydrogens (tertiary/aromatic N) is 1. The molecule has 1 aromatic heterocycles. The van der Waals surface area contributed by atoms with Crippen LogP contribution in [0.3, 0.4) is 0 Å². The minimum absolute atomic E-state index is 0.0970. The van der Waals surface area contributed by atoms with E-state index in [1.54, 1.807) is 6.20 Å². The van der Waals surface area contributed by atoms with E-state index in [1.807, 2.05) is 12.3 Å². The molecule has 3 rings (SSSR count). The van der Waals surface area contributed by atoms with E-state index in [4.69, 9.17) is 11.6 Å². The Bertz CT molecular complexity index is 408. The molecule has 2 fully saturated rings. The number of halogens is 1. The van der Waals surface area contributed by atoms with Crippen molar-refractivity contribution in [1.82, 2.24) is 10.3 Å². The van der Waals surface area contributed by atoms with Gasteiger partial charge < -0.3 is 10.4 Å². The van der Waals surface area contributed by atoms with Gasteiger partial charge in [-0.1, -0.05) is 11.6 Å². The molecule has 2 N–H and O–H groups in total. The first kappa shape index (κ1) is 10.5. The first-order valence-corrected chi connectivity index (χ1v) is 6.14. The third-order valence-corrected chi connectivity index (χ3v) is 4.07. The summed E-state index contributed by atoms with van der Waals surface area (Å²) in [4.78, 5) is 4.14. The van der Waals surface area contributed by atoms with Gasteiger partial charge >= 0.3 is 0 Å². The lowest BCUT2D eigenvalue weighted by atomic mass is 9.84. The fourth-order valence-corrected chi connectivity index (χ4v) is 3.26. The van der Waals surface area contributed by atoms with E-state index in [0.29, 0.717) is 5.02 Å². The number of aromatic nitrogens is 1. The van der Waals surface area contributed by atoms with Gasteiger partial charge in [0.05, 0.1) is 11.1 Å². The van der Waals surface area contributed by atoms with Gasteiger partial charge in [-0.15, -0.1) is 0 Å². The smallest absolute Gasteiger partial charge is 0.0714 e. The summed E-state index contributed by atoms with van der Waals surface area (Å²) >= 11 is 5.98. The molecular weight excluding hydrogens is 224 g/mol. The van der Waals surface area contributed by atoms with E-state index in [0.717, 1.165) is 31.2 Å². The molecule has 0 radical (unpaired) electrons. The fraction of sp³-hybridized carbons (Fsp3) is 0.583. The van der Waals surface area contributed by atoms with Crippen molar-refractivity contribution in [2.45, 2.75) is 43.4 Å². The Morgan fingerprint density at radius 3 is 3.19 bits per heavy atom. The second-order valence-corrected chi connectivity index (χ2v) is 5.32. The molecule has 3 atom stereocenters. The second-order valence-electron chi connectivity index (χ2n) is 4.89. The lowest BCUT2D eigenvalue weighted by Crippen LogP contribution is -2.44. The van der Waals surface area contributed by atoms with Gasteiger partial charge in [0.2, 0.25) is 0 Å². The van der Waals surface area contributed by atoms with Gasteiger partial charge in [0, 0.05) is 24.0 Å². The largest absolute Gasteiger partial charge is 0.391 e. The molecule has 3 heterocycles. The summed E-state index contributed by atoms with van der Waals surface area (Å²) in [6, 6.07) is 2.20. The summed E-state index contributed by atoms with van der Waals surface area (Å²) in [6.07, 6.45) is 7.33. The van der Waals surface area contributed by atoms with Crippen molar-refractivity contribution in [3.63, 3.8) is 0 Å². The van der Waals surface area contributed by atoms with Gasteiger partial charge in [0.25, 0.3) is 0 Å². The highest BCUT2D eigenvalue weighted by molar-refractivity contribution is 6.30. The van der Waals surface area contributed by atoms with Crippen LogP contribution in [-0.2, 0) is 5.54 Å². The molecule has 3 unspecified atom stereocenters. The number of nitrogens with one attached hydrogen (secondary N) is 1. The van der Waals surface area contributed by atoms with Crippen LogP contribution in [0.25, 0.3) is 0 Å². The van der Waals surface area contributed by atoms with E-state index in [1.165, 1.54) is 0 Å². The zero-order valence-electron chi connectivity index (χ0n) is 8.99. The number of aliphatic hydroxyl groups excluding tert-OH is 1. The normalized spacial score (nSPS) is 37.6. The first-order chi connectivity index (χ1) is 7.70. The number of hydrogen-bond acceptors (Lipinski definition) is 3. The van der Waals surface area contributed by atoms with Crippen molar-refractivity contribution in [2.24, 2.45) is 0 Å². The van der Waals surface area contributed by atoms with Crippen molar-refractivity contribution in [3.05, 3.63) is 29.0 Å². The number of pyridine rings is 1. The van der Waals surface area contributed by atoms with E-state index >= 15 is 0 Å². The molecular formula is C12H15ClN2O. The van der Waals surface area contributed by atoms with Gasteiger partial charge in [-0.2, -0.15) is 0 Å². The van der Waals surface area contributed by atoms with Crippen molar-refractivity contribution in [1.29, 1.82) is 0 Å². The molecule has 2 aliphatic heterocycles. The van der Waals surface area contributed by atoms with Crippen LogP contribution in [0.4, 0.5) is 0 Å².